The van der Waals surface area contributed by atoms with Crippen molar-refractivity contribution >= 4 is 17.9 Å². The third-order valence-corrected chi connectivity index (χ3v) is 4.96. The Morgan fingerprint density at radius 1 is 0.791 bits per heavy atom. The summed E-state index contributed by atoms with van der Waals surface area (Å²) in [4.78, 5) is 40.7. The zero-order valence-electron chi connectivity index (χ0n) is 25.6. The summed E-state index contributed by atoms with van der Waals surface area (Å²) >= 11 is 0. The van der Waals surface area contributed by atoms with Crippen molar-refractivity contribution in [3.8, 4) is 5.75 Å². The number of nitrogens with one attached hydrogen (secondary N) is 3. The minimum Gasteiger partial charge on any atom is -0.493 e. The van der Waals surface area contributed by atoms with Crippen LogP contribution in [0.3, 0.4) is 0 Å². The number of nitrogens with zero attached hydrogens (tertiary/aromatic N) is 9. The average molecular weight is 607 g/mol. The van der Waals surface area contributed by atoms with Gasteiger partial charge < -0.3 is 30.2 Å². The quantitative estimate of drug-likeness (QED) is 0.143. The first-order valence-electron chi connectivity index (χ1n) is 13.3. The van der Waals surface area contributed by atoms with E-state index in [1.807, 2.05) is 6.92 Å². The van der Waals surface area contributed by atoms with Crippen molar-refractivity contribution in [3.05, 3.63) is 61.2 Å². The molecule has 0 aromatic heterocycles. The second kappa shape index (κ2) is 26.0. The first-order valence-corrected chi connectivity index (χ1v) is 13.3. The number of carbonyl (C=O) groups is 3. The summed E-state index contributed by atoms with van der Waals surface area (Å²) < 4.78 is 15.4. The molecule has 1 aromatic rings. The molecule has 43 heavy (non-hydrogen) atoms. The number of rotatable bonds is 15. The molecule has 0 aliphatic heterocycles. The van der Waals surface area contributed by atoms with Gasteiger partial charge >= 0.3 is 6.09 Å². The maximum atomic E-state index is 11.3. The molecule has 1 aromatic carbocycles. The van der Waals surface area contributed by atoms with Crippen LogP contribution in [-0.4, -0.2) is 83.1 Å². The Balaban J connectivity index is 0. The van der Waals surface area contributed by atoms with E-state index in [4.69, 9.17) is 26.1 Å². The van der Waals surface area contributed by atoms with Crippen LogP contribution in [0.1, 0.15) is 50.9 Å². The molecule has 0 saturated heterocycles. The molecule has 4 atom stereocenters. The zero-order chi connectivity index (χ0) is 33.0. The van der Waals surface area contributed by atoms with Crippen molar-refractivity contribution in [2.75, 3.05) is 41.0 Å². The Bertz CT molecular complexity index is 1100. The van der Waals surface area contributed by atoms with Crippen molar-refractivity contribution in [2.24, 2.45) is 15.3 Å². The minimum atomic E-state index is -0.523. The molecule has 0 spiro atoms. The van der Waals surface area contributed by atoms with Gasteiger partial charge in [0.2, 0.25) is 5.91 Å². The number of ether oxygens (including phenoxy) is 3. The summed E-state index contributed by atoms with van der Waals surface area (Å²) in [5.41, 5.74) is 24.9. The van der Waals surface area contributed by atoms with Gasteiger partial charge in [0, 0.05) is 41.4 Å². The summed E-state index contributed by atoms with van der Waals surface area (Å²) in [6, 6.07) is 6.00. The fourth-order valence-electron chi connectivity index (χ4n) is 2.60. The number of carbonyl (C=O) groups excluding carboxylic acids is 3. The van der Waals surface area contributed by atoms with Gasteiger partial charge in [-0.05, 0) is 47.3 Å². The van der Waals surface area contributed by atoms with Crippen LogP contribution in [0.25, 0.3) is 31.3 Å². The molecular formula is C25H42N12O6. The van der Waals surface area contributed by atoms with Crippen LogP contribution in [0, 0.1) is 0 Å². The molecule has 0 aliphatic rings. The standard InChI is InChI=1S/C11H14N4O2.C9H18N4O2.C5H10N4O2/c1-8(14-15-12)7-17-10-5-3-9(4-6-10)11(16)13-2;1-4-8(5-9(14)11-3)15-6-7(2)12-13-10;1-4(8-9-6)3-11-5(10)7-2/h3-6,8H,7H2,1-2H3,(H,13,16);7-8H,4-6H2,1-3H3,(H,11,14);4H,3H2,1-2H3,(H,7,10). The van der Waals surface area contributed by atoms with Gasteiger partial charge in [-0.1, -0.05) is 43.0 Å². The largest absolute Gasteiger partial charge is 0.493 e. The number of hydrogen-bond donors (Lipinski definition) is 3. The van der Waals surface area contributed by atoms with E-state index in [1.54, 1.807) is 59.1 Å². The van der Waals surface area contributed by atoms with E-state index in [0.29, 0.717) is 30.9 Å². The fourth-order valence-corrected chi connectivity index (χ4v) is 2.60. The molecule has 3 amide bonds. The van der Waals surface area contributed by atoms with Crippen molar-refractivity contribution in [1.29, 1.82) is 0 Å². The van der Waals surface area contributed by atoms with Crippen LogP contribution in [0.15, 0.2) is 39.6 Å². The molecule has 0 radical (unpaired) electrons. The Hall–Kier alpha value is -4.88. The maximum absolute atomic E-state index is 11.3. The van der Waals surface area contributed by atoms with Crippen LogP contribution < -0.4 is 20.7 Å². The van der Waals surface area contributed by atoms with Crippen LogP contribution in [0.2, 0.25) is 0 Å². The van der Waals surface area contributed by atoms with Crippen LogP contribution in [0.5, 0.6) is 5.75 Å². The smallest absolute Gasteiger partial charge is 0.406 e. The van der Waals surface area contributed by atoms with Gasteiger partial charge in [0.05, 0.1) is 43.9 Å². The van der Waals surface area contributed by atoms with E-state index in [-0.39, 0.29) is 42.7 Å². The highest BCUT2D eigenvalue weighted by atomic mass is 16.5. The predicted octanol–water partition coefficient (Wildman–Crippen LogP) is 4.78. The molecule has 1 rings (SSSR count). The molecule has 0 fully saturated rings. The van der Waals surface area contributed by atoms with Crippen molar-refractivity contribution in [3.63, 3.8) is 0 Å². The molecule has 0 aliphatic carbocycles. The number of benzene rings is 1. The van der Waals surface area contributed by atoms with Crippen molar-refractivity contribution in [1.82, 2.24) is 16.0 Å². The topological polar surface area (TPSA) is 261 Å². The van der Waals surface area contributed by atoms with Gasteiger partial charge in [0.15, 0.2) is 0 Å². The molecule has 18 nitrogen and oxygen atoms in total. The SMILES string of the molecule is CCC(CC(=O)NC)OCC(C)N=[N+]=[N-].CNC(=O)OCC(C)N=[N+]=[N-].CNC(=O)c1ccc(OCC(C)N=[N+]=[N-])cc1. The molecule has 0 bridgehead atoms. The van der Waals surface area contributed by atoms with Gasteiger partial charge in [0.25, 0.3) is 5.91 Å². The summed E-state index contributed by atoms with van der Waals surface area (Å²) in [5.74, 6) is 0.454. The molecule has 238 valence electrons. The lowest BCUT2D eigenvalue weighted by molar-refractivity contribution is -0.123. The first kappa shape index (κ1) is 40.3. The molecule has 0 saturated carbocycles. The number of alkyl carbamates (subject to hydrolysis) is 1. The van der Waals surface area contributed by atoms with Crippen molar-refractivity contribution < 1.29 is 28.6 Å². The lowest BCUT2D eigenvalue weighted by atomic mass is 10.2. The number of amides is 3. The van der Waals surface area contributed by atoms with Crippen LogP contribution in [-0.2, 0) is 14.3 Å². The molecule has 4 unspecified atom stereocenters. The molecule has 18 heteroatoms. The van der Waals surface area contributed by atoms with Gasteiger partial charge in [-0.25, -0.2) is 4.79 Å². The molecule has 3 N–H and O–H groups in total. The Morgan fingerprint density at radius 3 is 1.74 bits per heavy atom. The molecule has 0 heterocycles. The second-order valence-electron chi connectivity index (χ2n) is 8.67. The highest BCUT2D eigenvalue weighted by molar-refractivity contribution is 5.94. The third kappa shape index (κ3) is 22.5. The van der Waals surface area contributed by atoms with E-state index in [2.05, 4.69) is 50.8 Å². The van der Waals surface area contributed by atoms with E-state index in [1.165, 1.54) is 7.05 Å². The van der Waals surface area contributed by atoms with Gasteiger partial charge in [-0.3, -0.25) is 9.59 Å². The van der Waals surface area contributed by atoms with E-state index >= 15 is 0 Å². The second-order valence-corrected chi connectivity index (χ2v) is 8.67. The summed E-state index contributed by atoms with van der Waals surface area (Å²) in [6.07, 6.45) is 0.470. The van der Waals surface area contributed by atoms with E-state index < -0.39 is 6.09 Å². The Morgan fingerprint density at radius 2 is 1.30 bits per heavy atom. The van der Waals surface area contributed by atoms with Gasteiger partial charge in [0.1, 0.15) is 12.4 Å². The lowest BCUT2D eigenvalue weighted by Crippen LogP contribution is -2.27. The van der Waals surface area contributed by atoms with E-state index in [0.717, 1.165) is 6.42 Å². The Kier molecular flexibility index (Phi) is 24.4. The van der Waals surface area contributed by atoms with Gasteiger partial charge in [-0.15, -0.1) is 0 Å². The third-order valence-electron chi connectivity index (χ3n) is 4.96. The van der Waals surface area contributed by atoms with E-state index in [9.17, 15) is 14.4 Å². The fraction of sp³-hybridized carbons (Fsp3) is 0.640. The molecular weight excluding hydrogens is 564 g/mol. The summed E-state index contributed by atoms with van der Waals surface area (Å²) in [5, 5.41) is 17.6. The van der Waals surface area contributed by atoms with Crippen LogP contribution >= 0.6 is 0 Å². The first-order chi connectivity index (χ1) is 20.5. The number of azide groups is 3. The summed E-state index contributed by atoms with van der Waals surface area (Å²) in [6.45, 7) is 7.89. The van der Waals surface area contributed by atoms with Crippen LogP contribution in [0.4, 0.5) is 4.79 Å². The highest BCUT2D eigenvalue weighted by Crippen LogP contribution is 2.12. The zero-order valence-corrected chi connectivity index (χ0v) is 25.6. The average Bonchev–Trinajstić information content (AvgIpc) is 3.01. The van der Waals surface area contributed by atoms with Crippen molar-refractivity contribution in [2.45, 2.75) is 64.8 Å². The normalized spacial score (nSPS) is 12.1. The van der Waals surface area contributed by atoms with Gasteiger partial charge in [-0.2, -0.15) is 0 Å². The maximum Gasteiger partial charge on any atom is 0.406 e. The highest BCUT2D eigenvalue weighted by Gasteiger charge is 2.12. The lowest BCUT2D eigenvalue weighted by Gasteiger charge is -2.16. The monoisotopic (exact) mass is 606 g/mol. The Labute approximate surface area is 250 Å². The minimum absolute atomic E-state index is 0.0433. The predicted molar refractivity (Wildman–Crippen MR) is 160 cm³/mol. The number of hydrogen-bond acceptors (Lipinski definition) is 9. The summed E-state index contributed by atoms with van der Waals surface area (Å²) in [7, 11) is 4.63.